The molecule has 0 bridgehead atoms. The number of nitro benzene ring substituents is 1. The van der Waals surface area contributed by atoms with Gasteiger partial charge in [0.25, 0.3) is 5.69 Å². The molecular formula is C14H22ClN3O3. The molecule has 0 fully saturated rings. The Morgan fingerprint density at radius 3 is 2.38 bits per heavy atom. The largest absolute Gasteiger partial charge is 0.340 e. The molecular weight excluding hydrogens is 294 g/mol. The van der Waals surface area contributed by atoms with E-state index >= 15 is 0 Å². The van der Waals surface area contributed by atoms with E-state index in [4.69, 9.17) is 5.73 Å². The third kappa shape index (κ3) is 4.99. The maximum atomic E-state index is 12.2. The molecule has 0 spiro atoms. The lowest BCUT2D eigenvalue weighted by Crippen LogP contribution is -2.48. The number of hydrogen-bond donors (Lipinski definition) is 1. The van der Waals surface area contributed by atoms with Crippen LogP contribution in [0.5, 0.6) is 0 Å². The summed E-state index contributed by atoms with van der Waals surface area (Å²) in [5.74, 6) is -0.226. The third-order valence-corrected chi connectivity index (χ3v) is 3.17. The maximum Gasteiger partial charge on any atom is 0.274 e. The van der Waals surface area contributed by atoms with Crippen LogP contribution in [0, 0.1) is 15.5 Å². The lowest BCUT2D eigenvalue weighted by atomic mass is 9.86. The normalized spacial score (nSPS) is 12.2. The van der Waals surface area contributed by atoms with Gasteiger partial charge in [-0.2, -0.15) is 0 Å². The number of nitrogens with two attached hydrogens (primary N) is 1. The summed E-state index contributed by atoms with van der Waals surface area (Å²) in [4.78, 5) is 24.1. The van der Waals surface area contributed by atoms with E-state index in [1.807, 2.05) is 20.8 Å². The SMILES string of the molecule is CN(Cc1ccccc1[N+](=O)[O-])C(=O)[C@@H](N)C(C)(C)C.Cl. The smallest absolute Gasteiger partial charge is 0.274 e. The summed E-state index contributed by atoms with van der Waals surface area (Å²) in [5.41, 5.74) is 6.07. The Kier molecular flexibility index (Phi) is 6.79. The first-order valence-electron chi connectivity index (χ1n) is 6.37. The summed E-state index contributed by atoms with van der Waals surface area (Å²) in [5, 5.41) is 10.9. The Bertz CT molecular complexity index is 514. The summed E-state index contributed by atoms with van der Waals surface area (Å²) >= 11 is 0. The van der Waals surface area contributed by atoms with Crippen LogP contribution >= 0.6 is 12.4 Å². The Balaban J connectivity index is 0.00000400. The van der Waals surface area contributed by atoms with E-state index in [0.717, 1.165) is 0 Å². The van der Waals surface area contributed by atoms with Crippen LogP contribution in [0.25, 0.3) is 0 Å². The fourth-order valence-corrected chi connectivity index (χ4v) is 1.76. The number of likely N-dealkylation sites (N-methyl/N-ethyl adjacent to an activating group) is 1. The molecule has 0 aliphatic rings. The summed E-state index contributed by atoms with van der Waals surface area (Å²) in [7, 11) is 1.60. The second kappa shape index (κ2) is 7.38. The first-order chi connectivity index (χ1) is 9.14. The molecule has 0 aliphatic carbocycles. The third-order valence-electron chi connectivity index (χ3n) is 3.17. The second-order valence-electron chi connectivity index (χ2n) is 5.92. The molecule has 0 radical (unpaired) electrons. The van der Waals surface area contributed by atoms with Crippen molar-refractivity contribution in [2.24, 2.45) is 11.1 Å². The summed E-state index contributed by atoms with van der Waals surface area (Å²) in [6.45, 7) is 5.82. The van der Waals surface area contributed by atoms with Gasteiger partial charge in [0.05, 0.1) is 17.5 Å². The van der Waals surface area contributed by atoms with Crippen LogP contribution in [-0.2, 0) is 11.3 Å². The molecule has 0 saturated heterocycles. The number of nitrogens with zero attached hydrogens (tertiary/aromatic N) is 2. The summed E-state index contributed by atoms with van der Waals surface area (Å²) in [6, 6.07) is 5.74. The van der Waals surface area contributed by atoms with E-state index in [1.54, 1.807) is 25.2 Å². The van der Waals surface area contributed by atoms with Crippen molar-refractivity contribution >= 4 is 24.0 Å². The molecule has 7 heteroatoms. The highest BCUT2D eigenvalue weighted by Crippen LogP contribution is 2.22. The molecule has 21 heavy (non-hydrogen) atoms. The van der Waals surface area contributed by atoms with E-state index in [2.05, 4.69) is 0 Å². The van der Waals surface area contributed by atoms with E-state index in [1.165, 1.54) is 11.0 Å². The zero-order valence-corrected chi connectivity index (χ0v) is 13.5. The molecule has 0 aliphatic heterocycles. The van der Waals surface area contributed by atoms with Crippen molar-refractivity contribution in [1.82, 2.24) is 4.90 Å². The minimum atomic E-state index is -0.643. The van der Waals surface area contributed by atoms with Crippen molar-refractivity contribution in [3.05, 3.63) is 39.9 Å². The predicted octanol–water partition coefficient (Wildman–Crippen LogP) is 2.35. The molecule has 1 atom stereocenters. The molecule has 0 aromatic heterocycles. The highest BCUT2D eigenvalue weighted by molar-refractivity contribution is 5.85. The van der Waals surface area contributed by atoms with Gasteiger partial charge in [0, 0.05) is 18.7 Å². The minimum absolute atomic E-state index is 0. The number of carbonyl (C=O) groups is 1. The zero-order chi connectivity index (χ0) is 15.5. The fourth-order valence-electron chi connectivity index (χ4n) is 1.76. The van der Waals surface area contributed by atoms with Gasteiger partial charge < -0.3 is 10.6 Å². The van der Waals surface area contributed by atoms with Gasteiger partial charge >= 0.3 is 0 Å². The lowest BCUT2D eigenvalue weighted by molar-refractivity contribution is -0.385. The number of para-hydroxylation sites is 1. The lowest BCUT2D eigenvalue weighted by Gasteiger charge is -2.30. The van der Waals surface area contributed by atoms with Crippen molar-refractivity contribution in [3.8, 4) is 0 Å². The number of benzene rings is 1. The Hall–Kier alpha value is -1.66. The van der Waals surface area contributed by atoms with Gasteiger partial charge in [-0.15, -0.1) is 12.4 Å². The van der Waals surface area contributed by atoms with E-state index in [9.17, 15) is 14.9 Å². The van der Waals surface area contributed by atoms with Crippen LogP contribution in [0.2, 0.25) is 0 Å². The standard InChI is InChI=1S/C14H21N3O3.ClH/c1-14(2,3)12(15)13(18)16(4)9-10-7-5-6-8-11(10)17(19)20;/h5-8,12H,9,15H2,1-4H3;1H/t12-;/m1./s1. The van der Waals surface area contributed by atoms with Crippen LogP contribution < -0.4 is 5.73 Å². The van der Waals surface area contributed by atoms with E-state index < -0.39 is 11.0 Å². The summed E-state index contributed by atoms with van der Waals surface area (Å²) in [6.07, 6.45) is 0. The molecule has 1 aromatic rings. The van der Waals surface area contributed by atoms with Crippen LogP contribution in [0.15, 0.2) is 24.3 Å². The Morgan fingerprint density at radius 1 is 1.38 bits per heavy atom. The molecule has 118 valence electrons. The monoisotopic (exact) mass is 315 g/mol. The molecule has 2 N–H and O–H groups in total. The van der Waals surface area contributed by atoms with Crippen LogP contribution in [0.1, 0.15) is 26.3 Å². The molecule has 0 heterocycles. The average Bonchev–Trinajstić information content (AvgIpc) is 2.36. The van der Waals surface area contributed by atoms with Crippen molar-refractivity contribution in [2.45, 2.75) is 33.4 Å². The molecule has 1 aromatic carbocycles. The molecule has 1 rings (SSSR count). The summed E-state index contributed by atoms with van der Waals surface area (Å²) < 4.78 is 0. The molecule has 6 nitrogen and oxygen atoms in total. The number of carbonyl (C=O) groups excluding carboxylic acids is 1. The van der Waals surface area contributed by atoms with Crippen molar-refractivity contribution < 1.29 is 9.72 Å². The molecule has 0 saturated carbocycles. The van der Waals surface area contributed by atoms with Gasteiger partial charge in [0.15, 0.2) is 0 Å². The van der Waals surface area contributed by atoms with Gasteiger partial charge in [0.2, 0.25) is 5.91 Å². The number of nitro groups is 1. The van der Waals surface area contributed by atoms with Gasteiger partial charge in [-0.1, -0.05) is 39.0 Å². The van der Waals surface area contributed by atoms with Crippen LogP contribution in [0.4, 0.5) is 5.69 Å². The van der Waals surface area contributed by atoms with Crippen molar-refractivity contribution in [3.63, 3.8) is 0 Å². The first kappa shape index (κ1) is 19.3. The quantitative estimate of drug-likeness (QED) is 0.682. The average molecular weight is 316 g/mol. The van der Waals surface area contributed by atoms with Gasteiger partial charge in [-0.25, -0.2) is 0 Å². The van der Waals surface area contributed by atoms with Crippen LogP contribution in [-0.4, -0.2) is 28.8 Å². The van der Waals surface area contributed by atoms with E-state index in [-0.39, 0.29) is 36.0 Å². The van der Waals surface area contributed by atoms with E-state index in [0.29, 0.717) is 5.56 Å². The predicted molar refractivity (Wildman–Crippen MR) is 84.2 cm³/mol. The number of rotatable bonds is 4. The second-order valence-corrected chi connectivity index (χ2v) is 5.92. The Labute approximate surface area is 130 Å². The number of amides is 1. The maximum absolute atomic E-state index is 12.2. The zero-order valence-electron chi connectivity index (χ0n) is 12.7. The van der Waals surface area contributed by atoms with Gasteiger partial charge in [-0.3, -0.25) is 14.9 Å². The van der Waals surface area contributed by atoms with Gasteiger partial charge in [0.1, 0.15) is 0 Å². The topological polar surface area (TPSA) is 89.5 Å². The Morgan fingerprint density at radius 2 is 1.90 bits per heavy atom. The highest BCUT2D eigenvalue weighted by Gasteiger charge is 2.30. The van der Waals surface area contributed by atoms with Gasteiger partial charge in [-0.05, 0) is 5.41 Å². The highest BCUT2D eigenvalue weighted by atomic mass is 35.5. The van der Waals surface area contributed by atoms with Crippen LogP contribution in [0.3, 0.4) is 0 Å². The first-order valence-corrected chi connectivity index (χ1v) is 6.37. The molecule has 1 amide bonds. The number of hydrogen-bond acceptors (Lipinski definition) is 4. The van der Waals surface area contributed by atoms with Crippen molar-refractivity contribution in [1.29, 1.82) is 0 Å². The van der Waals surface area contributed by atoms with Crippen molar-refractivity contribution in [2.75, 3.05) is 7.05 Å². The minimum Gasteiger partial charge on any atom is -0.340 e. The fraction of sp³-hybridized carbons (Fsp3) is 0.500. The molecule has 0 unspecified atom stereocenters. The number of halogens is 1.